The Bertz CT molecular complexity index is 601. The number of rotatable bonds is 3. The molecule has 0 saturated heterocycles. The maximum atomic E-state index is 13.7. The fourth-order valence-corrected chi connectivity index (χ4v) is 5.02. The fourth-order valence-electron chi connectivity index (χ4n) is 2.31. The second-order valence-corrected chi connectivity index (χ2v) is 7.61. The lowest BCUT2D eigenvalue weighted by molar-refractivity contribution is 0.571. The molecule has 1 atom stereocenters. The van der Waals surface area contributed by atoms with E-state index in [1.54, 1.807) is 11.3 Å². The van der Waals surface area contributed by atoms with Gasteiger partial charge in [-0.15, -0.1) is 22.9 Å². The van der Waals surface area contributed by atoms with E-state index in [0.29, 0.717) is 12.0 Å². The van der Waals surface area contributed by atoms with Crippen LogP contribution in [-0.4, -0.2) is 5.75 Å². The lowest BCUT2D eigenvalue weighted by atomic mass is 10.1. The minimum atomic E-state index is -0.555. The Morgan fingerprint density at radius 2 is 2.10 bits per heavy atom. The van der Waals surface area contributed by atoms with Crippen LogP contribution in [0.25, 0.3) is 0 Å². The van der Waals surface area contributed by atoms with E-state index in [0.717, 1.165) is 28.9 Å². The lowest BCUT2D eigenvalue weighted by Gasteiger charge is -2.08. The first-order valence-electron chi connectivity index (χ1n) is 6.40. The maximum Gasteiger partial charge on any atom is 0.129 e. The predicted molar refractivity (Wildman–Crippen MR) is 82.8 cm³/mol. The molecular formula is C15H13ClF2S2. The van der Waals surface area contributed by atoms with Crippen LogP contribution in [0.15, 0.2) is 24.3 Å². The van der Waals surface area contributed by atoms with Gasteiger partial charge in [0.1, 0.15) is 11.6 Å². The smallest absolute Gasteiger partial charge is 0.129 e. The number of benzene rings is 1. The number of alkyl halides is 1. The zero-order valence-corrected chi connectivity index (χ0v) is 13.1. The summed E-state index contributed by atoms with van der Waals surface area (Å²) in [7, 11) is 0. The summed E-state index contributed by atoms with van der Waals surface area (Å²) in [6, 6.07) is 5.81. The molecule has 0 saturated carbocycles. The van der Waals surface area contributed by atoms with Crippen LogP contribution < -0.4 is 0 Å². The fraction of sp³-hybridized carbons (Fsp3) is 0.333. The quantitative estimate of drug-likeness (QED) is 0.685. The van der Waals surface area contributed by atoms with E-state index >= 15 is 0 Å². The molecule has 1 aliphatic heterocycles. The lowest BCUT2D eigenvalue weighted by Crippen LogP contribution is -1.97. The van der Waals surface area contributed by atoms with Gasteiger partial charge < -0.3 is 0 Å². The molecule has 20 heavy (non-hydrogen) atoms. The summed E-state index contributed by atoms with van der Waals surface area (Å²) < 4.78 is 26.5. The second kappa shape index (κ2) is 6.04. The normalized spacial score (nSPS) is 15.9. The molecule has 0 N–H and O–H groups in total. The predicted octanol–water partition coefficient (Wildman–Crippen LogP) is 5.34. The zero-order chi connectivity index (χ0) is 14.1. The summed E-state index contributed by atoms with van der Waals surface area (Å²) in [6.07, 6.45) is 1.49. The molecule has 3 rings (SSSR count). The Balaban J connectivity index is 1.78. The van der Waals surface area contributed by atoms with Crippen molar-refractivity contribution in [2.24, 2.45) is 0 Å². The Hall–Kier alpha value is -0.580. The highest BCUT2D eigenvalue weighted by Gasteiger charge is 2.19. The highest BCUT2D eigenvalue weighted by molar-refractivity contribution is 7.98. The van der Waals surface area contributed by atoms with Crippen molar-refractivity contribution in [1.82, 2.24) is 0 Å². The van der Waals surface area contributed by atoms with Crippen molar-refractivity contribution < 1.29 is 8.78 Å². The average Bonchev–Trinajstić information content (AvgIpc) is 2.86. The number of thioether (sulfide) groups is 1. The monoisotopic (exact) mass is 330 g/mol. The van der Waals surface area contributed by atoms with Crippen LogP contribution in [0.4, 0.5) is 8.78 Å². The molecule has 1 aliphatic rings. The molecule has 0 bridgehead atoms. The van der Waals surface area contributed by atoms with Crippen LogP contribution in [0.2, 0.25) is 0 Å². The number of hydrogen-bond acceptors (Lipinski definition) is 2. The van der Waals surface area contributed by atoms with Crippen molar-refractivity contribution in [2.75, 3.05) is 5.75 Å². The van der Waals surface area contributed by atoms with Crippen molar-refractivity contribution >= 4 is 34.7 Å². The van der Waals surface area contributed by atoms with Gasteiger partial charge in [0.15, 0.2) is 0 Å². The number of aryl methyl sites for hydroxylation is 1. The SMILES string of the molecule is Fc1ccc(CC(Cl)c2cc3c(s2)CCSC3)c(F)c1. The molecule has 0 fully saturated rings. The van der Waals surface area contributed by atoms with E-state index < -0.39 is 11.6 Å². The molecule has 1 aromatic heterocycles. The van der Waals surface area contributed by atoms with E-state index in [4.69, 9.17) is 11.6 Å². The third-order valence-electron chi connectivity index (χ3n) is 3.37. The number of fused-ring (bicyclic) bond motifs is 1. The van der Waals surface area contributed by atoms with E-state index in [1.165, 1.54) is 22.6 Å². The highest BCUT2D eigenvalue weighted by Crippen LogP contribution is 2.38. The van der Waals surface area contributed by atoms with Crippen LogP contribution in [-0.2, 0) is 18.6 Å². The van der Waals surface area contributed by atoms with Gasteiger partial charge in [-0.3, -0.25) is 0 Å². The van der Waals surface area contributed by atoms with Crippen LogP contribution >= 0.6 is 34.7 Å². The standard InChI is InChI=1S/C15H13ClF2S2/c16-12(5-9-1-2-11(17)7-13(9)18)15-6-10-8-19-4-3-14(10)20-15/h1-2,6-7,12H,3-5,8H2. The van der Waals surface area contributed by atoms with Crippen molar-refractivity contribution in [3.63, 3.8) is 0 Å². The van der Waals surface area contributed by atoms with E-state index in [9.17, 15) is 8.78 Å². The minimum Gasteiger partial charge on any atom is -0.207 e. The average molecular weight is 331 g/mol. The van der Waals surface area contributed by atoms with Crippen molar-refractivity contribution in [3.8, 4) is 0 Å². The van der Waals surface area contributed by atoms with Gasteiger partial charge >= 0.3 is 0 Å². The summed E-state index contributed by atoms with van der Waals surface area (Å²) in [4.78, 5) is 2.49. The van der Waals surface area contributed by atoms with Gasteiger partial charge in [0.2, 0.25) is 0 Å². The van der Waals surface area contributed by atoms with E-state index in [-0.39, 0.29) is 5.38 Å². The number of halogens is 3. The Kier molecular flexibility index (Phi) is 4.34. The summed E-state index contributed by atoms with van der Waals surface area (Å²) in [5.41, 5.74) is 1.83. The molecule has 106 valence electrons. The largest absolute Gasteiger partial charge is 0.207 e. The molecule has 2 aromatic rings. The molecule has 0 amide bonds. The zero-order valence-electron chi connectivity index (χ0n) is 10.7. The summed E-state index contributed by atoms with van der Waals surface area (Å²) >= 11 is 10.1. The van der Waals surface area contributed by atoms with Crippen molar-refractivity contribution in [3.05, 3.63) is 56.8 Å². The Labute approximate surface area is 130 Å². The van der Waals surface area contributed by atoms with Gasteiger partial charge in [-0.2, -0.15) is 11.8 Å². The summed E-state index contributed by atoms with van der Waals surface area (Å²) in [5.74, 6) is 1.13. The van der Waals surface area contributed by atoms with Crippen LogP contribution in [0.3, 0.4) is 0 Å². The van der Waals surface area contributed by atoms with Crippen molar-refractivity contribution in [1.29, 1.82) is 0 Å². The van der Waals surface area contributed by atoms with Crippen molar-refractivity contribution in [2.45, 2.75) is 24.0 Å². The first-order chi connectivity index (χ1) is 9.63. The summed E-state index contributed by atoms with van der Waals surface area (Å²) in [6.45, 7) is 0. The van der Waals surface area contributed by atoms with E-state index in [2.05, 4.69) is 6.07 Å². The van der Waals surface area contributed by atoms with Crippen LogP contribution in [0, 0.1) is 11.6 Å². The third-order valence-corrected chi connectivity index (χ3v) is 6.25. The highest BCUT2D eigenvalue weighted by atomic mass is 35.5. The third kappa shape index (κ3) is 3.02. The molecule has 2 heterocycles. The first kappa shape index (κ1) is 14.4. The molecule has 1 unspecified atom stereocenters. The van der Waals surface area contributed by atoms with Gasteiger partial charge in [0.25, 0.3) is 0 Å². The Morgan fingerprint density at radius 1 is 1.25 bits per heavy atom. The Morgan fingerprint density at radius 3 is 2.85 bits per heavy atom. The molecule has 0 radical (unpaired) electrons. The van der Waals surface area contributed by atoms with Gasteiger partial charge in [-0.1, -0.05) is 6.07 Å². The number of hydrogen-bond donors (Lipinski definition) is 0. The minimum absolute atomic E-state index is 0.254. The molecule has 1 aromatic carbocycles. The van der Waals surface area contributed by atoms with E-state index in [1.807, 2.05) is 11.8 Å². The first-order valence-corrected chi connectivity index (χ1v) is 8.81. The van der Waals surface area contributed by atoms with Gasteiger partial charge in [-0.05, 0) is 41.9 Å². The molecular weight excluding hydrogens is 318 g/mol. The van der Waals surface area contributed by atoms with Crippen LogP contribution in [0.5, 0.6) is 0 Å². The number of thiophene rings is 1. The summed E-state index contributed by atoms with van der Waals surface area (Å²) in [5, 5.41) is -0.254. The van der Waals surface area contributed by atoms with Gasteiger partial charge in [0.05, 0.1) is 5.38 Å². The molecule has 5 heteroatoms. The molecule has 0 spiro atoms. The maximum absolute atomic E-state index is 13.7. The van der Waals surface area contributed by atoms with Gasteiger partial charge in [-0.25, -0.2) is 8.78 Å². The molecule has 0 aliphatic carbocycles. The van der Waals surface area contributed by atoms with Crippen LogP contribution in [0.1, 0.15) is 26.3 Å². The molecule has 0 nitrogen and oxygen atoms in total. The topological polar surface area (TPSA) is 0 Å². The van der Waals surface area contributed by atoms with Gasteiger partial charge in [0, 0.05) is 21.6 Å². The second-order valence-electron chi connectivity index (χ2n) is 4.81.